The standard InChI is InChI=1S/C19H24N2O5/c1-18(2,3)15-19(9-13(22)11-21(19)17(24)25)16(23)20(15)10-12-5-7-14(26-4)8-6-12/h5-8,15H,9-11H2,1-4H3,(H,24,25). The van der Waals surface area contributed by atoms with Crippen LogP contribution in [0.2, 0.25) is 0 Å². The molecule has 140 valence electrons. The number of methoxy groups -OCH3 is 1. The van der Waals surface area contributed by atoms with E-state index in [0.717, 1.165) is 16.2 Å². The number of hydrogen-bond donors (Lipinski definition) is 1. The number of hydrogen-bond acceptors (Lipinski definition) is 4. The minimum absolute atomic E-state index is 0.0425. The van der Waals surface area contributed by atoms with Gasteiger partial charge in [-0.2, -0.15) is 0 Å². The van der Waals surface area contributed by atoms with Crippen LogP contribution < -0.4 is 4.74 Å². The Labute approximate surface area is 152 Å². The molecule has 0 aromatic heterocycles. The van der Waals surface area contributed by atoms with Crippen molar-refractivity contribution in [2.24, 2.45) is 5.41 Å². The van der Waals surface area contributed by atoms with Crippen LogP contribution in [0.25, 0.3) is 0 Å². The maximum absolute atomic E-state index is 13.1. The van der Waals surface area contributed by atoms with Gasteiger partial charge in [-0.15, -0.1) is 0 Å². The van der Waals surface area contributed by atoms with Gasteiger partial charge in [-0.25, -0.2) is 4.79 Å². The molecule has 2 saturated heterocycles. The van der Waals surface area contributed by atoms with Gasteiger partial charge in [0.1, 0.15) is 5.75 Å². The van der Waals surface area contributed by atoms with Crippen molar-refractivity contribution in [3.05, 3.63) is 29.8 Å². The normalized spacial score (nSPS) is 25.6. The Morgan fingerprint density at radius 3 is 2.38 bits per heavy atom. The molecule has 0 aliphatic carbocycles. The van der Waals surface area contributed by atoms with Crippen LogP contribution >= 0.6 is 0 Å². The molecule has 7 nitrogen and oxygen atoms in total. The molecule has 2 fully saturated rings. The van der Waals surface area contributed by atoms with Crippen molar-refractivity contribution < 1.29 is 24.2 Å². The Hall–Kier alpha value is -2.57. The van der Waals surface area contributed by atoms with E-state index in [9.17, 15) is 19.5 Å². The van der Waals surface area contributed by atoms with E-state index in [4.69, 9.17) is 4.74 Å². The zero-order chi connectivity index (χ0) is 19.3. The molecule has 2 aliphatic heterocycles. The molecule has 2 heterocycles. The van der Waals surface area contributed by atoms with Gasteiger partial charge < -0.3 is 14.7 Å². The lowest BCUT2D eigenvalue weighted by Crippen LogP contribution is -2.81. The lowest BCUT2D eigenvalue weighted by Gasteiger charge is -2.61. The molecule has 2 unspecified atom stereocenters. The number of benzene rings is 1. The predicted octanol–water partition coefficient (Wildman–Crippen LogP) is 2.14. The van der Waals surface area contributed by atoms with Gasteiger partial charge in [0.2, 0.25) is 0 Å². The van der Waals surface area contributed by atoms with Crippen LogP contribution in [0.5, 0.6) is 5.75 Å². The minimum Gasteiger partial charge on any atom is -0.497 e. The number of carbonyl (C=O) groups is 3. The van der Waals surface area contributed by atoms with Crippen LogP contribution in [0.1, 0.15) is 32.8 Å². The third-order valence-corrected chi connectivity index (χ3v) is 5.24. The number of amides is 2. The summed E-state index contributed by atoms with van der Waals surface area (Å²) in [6.07, 6.45) is -1.26. The molecular weight excluding hydrogens is 336 g/mol. The van der Waals surface area contributed by atoms with Gasteiger partial charge in [0.15, 0.2) is 11.3 Å². The van der Waals surface area contributed by atoms with Gasteiger partial charge >= 0.3 is 6.09 Å². The number of carboxylic acid groups (broad SMARTS) is 1. The average molecular weight is 360 g/mol. The molecule has 7 heteroatoms. The Morgan fingerprint density at radius 1 is 1.27 bits per heavy atom. The topological polar surface area (TPSA) is 87.2 Å². The van der Waals surface area contributed by atoms with E-state index in [1.54, 1.807) is 12.0 Å². The first kappa shape index (κ1) is 18.2. The van der Waals surface area contributed by atoms with E-state index in [1.807, 2.05) is 45.0 Å². The summed E-state index contributed by atoms with van der Waals surface area (Å²) in [5.41, 5.74) is -0.721. The summed E-state index contributed by atoms with van der Waals surface area (Å²) in [4.78, 5) is 39.5. The molecule has 0 radical (unpaired) electrons. The van der Waals surface area contributed by atoms with Crippen molar-refractivity contribution >= 4 is 17.8 Å². The molecule has 0 bridgehead atoms. The molecule has 1 N–H and O–H groups in total. The summed E-state index contributed by atoms with van der Waals surface area (Å²) in [7, 11) is 1.59. The third-order valence-electron chi connectivity index (χ3n) is 5.24. The fourth-order valence-corrected chi connectivity index (χ4v) is 4.39. The molecule has 1 aromatic carbocycles. The van der Waals surface area contributed by atoms with Crippen LogP contribution in [-0.2, 0) is 16.1 Å². The lowest BCUT2D eigenvalue weighted by molar-refractivity contribution is -0.184. The maximum Gasteiger partial charge on any atom is 0.408 e. The average Bonchev–Trinajstić information content (AvgIpc) is 2.93. The molecule has 1 aromatic rings. The largest absolute Gasteiger partial charge is 0.497 e. The van der Waals surface area contributed by atoms with Gasteiger partial charge in [0, 0.05) is 13.0 Å². The Kier molecular flexibility index (Phi) is 4.21. The first-order chi connectivity index (χ1) is 12.1. The highest BCUT2D eigenvalue weighted by molar-refractivity contribution is 6.05. The van der Waals surface area contributed by atoms with Crippen molar-refractivity contribution in [1.29, 1.82) is 0 Å². The summed E-state index contributed by atoms with van der Waals surface area (Å²) in [5, 5.41) is 9.56. The summed E-state index contributed by atoms with van der Waals surface area (Å²) >= 11 is 0. The molecular formula is C19H24N2O5. The van der Waals surface area contributed by atoms with Crippen molar-refractivity contribution in [3.8, 4) is 5.75 Å². The second kappa shape index (κ2) is 6.00. The second-order valence-electron chi connectivity index (χ2n) is 8.06. The number of rotatable bonds is 3. The minimum atomic E-state index is -1.27. The first-order valence-corrected chi connectivity index (χ1v) is 8.57. The highest BCUT2D eigenvalue weighted by Crippen LogP contribution is 2.50. The maximum atomic E-state index is 13.1. The van der Waals surface area contributed by atoms with Crippen molar-refractivity contribution in [2.75, 3.05) is 13.7 Å². The number of ether oxygens (including phenoxy) is 1. The van der Waals surface area contributed by atoms with Crippen molar-refractivity contribution in [1.82, 2.24) is 9.80 Å². The van der Waals surface area contributed by atoms with E-state index in [0.29, 0.717) is 6.54 Å². The highest BCUT2D eigenvalue weighted by Gasteiger charge is 2.71. The van der Waals surface area contributed by atoms with Crippen LogP contribution in [-0.4, -0.2) is 57.9 Å². The fourth-order valence-electron chi connectivity index (χ4n) is 4.39. The Bertz CT molecular complexity index is 752. The summed E-state index contributed by atoms with van der Waals surface area (Å²) in [6.45, 7) is 6.05. The first-order valence-electron chi connectivity index (χ1n) is 8.57. The monoisotopic (exact) mass is 360 g/mol. The molecule has 2 amide bonds. The van der Waals surface area contributed by atoms with E-state index in [1.165, 1.54) is 0 Å². The number of likely N-dealkylation sites (tertiary alicyclic amines) is 2. The van der Waals surface area contributed by atoms with Crippen LogP contribution in [0, 0.1) is 5.41 Å². The van der Waals surface area contributed by atoms with Crippen molar-refractivity contribution in [2.45, 2.75) is 45.3 Å². The number of carbonyl (C=O) groups excluding carboxylic acids is 2. The predicted molar refractivity (Wildman–Crippen MR) is 93.9 cm³/mol. The van der Waals surface area contributed by atoms with E-state index >= 15 is 0 Å². The summed E-state index contributed by atoms with van der Waals surface area (Å²) in [6, 6.07) is 7.04. The number of ketones is 1. The number of β-lactam (4-membered cyclic amide) rings is 1. The van der Waals surface area contributed by atoms with Gasteiger partial charge in [0.25, 0.3) is 5.91 Å². The SMILES string of the molecule is COc1ccc(CN2C(=O)C3(CC(=O)CN3C(=O)O)C2C(C)(C)C)cc1. The van der Waals surface area contributed by atoms with Crippen LogP contribution in [0.4, 0.5) is 4.79 Å². The van der Waals surface area contributed by atoms with E-state index in [2.05, 4.69) is 0 Å². The molecule has 0 saturated carbocycles. The summed E-state index contributed by atoms with van der Waals surface area (Å²) < 4.78 is 5.15. The third kappa shape index (κ3) is 2.62. The zero-order valence-electron chi connectivity index (χ0n) is 15.5. The number of Topliss-reactive ketones (excluding diaryl/α,β-unsaturated/α-hetero) is 1. The van der Waals surface area contributed by atoms with Crippen LogP contribution in [0.15, 0.2) is 24.3 Å². The molecule has 2 aliphatic rings. The van der Waals surface area contributed by atoms with E-state index in [-0.39, 0.29) is 36.1 Å². The Morgan fingerprint density at radius 2 is 1.88 bits per heavy atom. The van der Waals surface area contributed by atoms with Gasteiger partial charge in [-0.1, -0.05) is 32.9 Å². The van der Waals surface area contributed by atoms with Crippen molar-refractivity contribution in [3.63, 3.8) is 0 Å². The van der Waals surface area contributed by atoms with Crippen LogP contribution in [0.3, 0.4) is 0 Å². The van der Waals surface area contributed by atoms with E-state index < -0.39 is 11.6 Å². The number of nitrogens with zero attached hydrogens (tertiary/aromatic N) is 2. The molecule has 26 heavy (non-hydrogen) atoms. The molecule has 2 atom stereocenters. The molecule has 3 rings (SSSR count). The molecule has 1 spiro atoms. The van der Waals surface area contributed by atoms with Gasteiger partial charge in [0.05, 0.1) is 19.7 Å². The lowest BCUT2D eigenvalue weighted by atomic mass is 9.65. The smallest absolute Gasteiger partial charge is 0.408 e. The van der Waals surface area contributed by atoms with Gasteiger partial charge in [-0.3, -0.25) is 14.5 Å². The Balaban J connectivity index is 1.93. The second-order valence-corrected chi connectivity index (χ2v) is 8.06. The highest BCUT2D eigenvalue weighted by atomic mass is 16.5. The van der Waals surface area contributed by atoms with Gasteiger partial charge in [-0.05, 0) is 23.1 Å². The quantitative estimate of drug-likeness (QED) is 0.835. The fraction of sp³-hybridized carbons (Fsp3) is 0.526. The summed E-state index contributed by atoms with van der Waals surface area (Å²) in [5.74, 6) is 0.228. The zero-order valence-corrected chi connectivity index (χ0v) is 15.5.